The molecular weight excluding hydrogens is 188 g/mol. The quantitative estimate of drug-likeness (QED) is 0.769. The number of aromatic amines is 1. The van der Waals surface area contributed by atoms with Crippen molar-refractivity contribution in [2.45, 2.75) is 20.4 Å². The van der Waals surface area contributed by atoms with Gasteiger partial charge in [0, 0.05) is 30.6 Å². The Morgan fingerprint density at radius 3 is 3.00 bits per heavy atom. The topological polar surface area (TPSA) is 44.9 Å². The number of aromatic nitrogens is 1. The van der Waals surface area contributed by atoms with Crippen LogP contribution in [0.5, 0.6) is 0 Å². The van der Waals surface area contributed by atoms with Crippen LogP contribution in [0.4, 0.5) is 0 Å². The van der Waals surface area contributed by atoms with Crippen LogP contribution < -0.4 is 5.32 Å². The van der Waals surface area contributed by atoms with E-state index < -0.39 is 0 Å². The highest BCUT2D eigenvalue weighted by Gasteiger charge is 2.03. The molecule has 3 nitrogen and oxygen atoms in total. The second-order valence-electron chi connectivity index (χ2n) is 3.77. The summed E-state index contributed by atoms with van der Waals surface area (Å²) in [7, 11) is 0. The molecule has 1 aromatic heterocycles. The molecule has 0 aliphatic carbocycles. The summed E-state index contributed by atoms with van der Waals surface area (Å²) < 4.78 is 0. The minimum Gasteiger partial charge on any atom is -0.361 e. The number of hydrogen-bond donors (Lipinski definition) is 2. The number of nitrogens with one attached hydrogen (secondary N) is 2. The van der Waals surface area contributed by atoms with Gasteiger partial charge in [-0.15, -0.1) is 0 Å². The zero-order valence-corrected chi connectivity index (χ0v) is 8.92. The Labute approximate surface area is 88.5 Å². The van der Waals surface area contributed by atoms with Crippen molar-refractivity contribution >= 4 is 16.8 Å². The third-order valence-corrected chi connectivity index (χ3v) is 2.45. The number of hydrogen-bond acceptors (Lipinski definition) is 1. The Morgan fingerprint density at radius 1 is 1.47 bits per heavy atom. The maximum Gasteiger partial charge on any atom is 0.217 e. The molecular formula is C12H14N2O. The van der Waals surface area contributed by atoms with Gasteiger partial charge in [-0.3, -0.25) is 4.79 Å². The van der Waals surface area contributed by atoms with E-state index in [4.69, 9.17) is 0 Å². The molecule has 78 valence electrons. The lowest BCUT2D eigenvalue weighted by atomic mass is 10.1. The molecule has 15 heavy (non-hydrogen) atoms. The van der Waals surface area contributed by atoms with E-state index >= 15 is 0 Å². The van der Waals surface area contributed by atoms with Crippen molar-refractivity contribution in [1.82, 2.24) is 10.3 Å². The van der Waals surface area contributed by atoms with Gasteiger partial charge in [0.05, 0.1) is 0 Å². The molecule has 0 bridgehead atoms. The van der Waals surface area contributed by atoms with Crippen LogP contribution in [-0.4, -0.2) is 10.9 Å². The molecule has 0 radical (unpaired) electrons. The van der Waals surface area contributed by atoms with Gasteiger partial charge in [-0.2, -0.15) is 0 Å². The number of aryl methyl sites for hydroxylation is 1. The van der Waals surface area contributed by atoms with Crippen LogP contribution in [0.2, 0.25) is 0 Å². The molecule has 0 spiro atoms. The number of fused-ring (bicyclic) bond motifs is 1. The minimum absolute atomic E-state index is 0.00328. The van der Waals surface area contributed by atoms with Crippen molar-refractivity contribution in [3.63, 3.8) is 0 Å². The first-order valence-corrected chi connectivity index (χ1v) is 4.98. The lowest BCUT2D eigenvalue weighted by molar-refractivity contribution is -0.119. The minimum atomic E-state index is -0.00328. The van der Waals surface area contributed by atoms with E-state index in [-0.39, 0.29) is 5.91 Å². The maximum absolute atomic E-state index is 10.8. The average molecular weight is 202 g/mol. The zero-order valence-electron chi connectivity index (χ0n) is 8.92. The van der Waals surface area contributed by atoms with E-state index in [1.807, 2.05) is 6.20 Å². The number of amides is 1. The Morgan fingerprint density at radius 2 is 2.27 bits per heavy atom. The van der Waals surface area contributed by atoms with Crippen LogP contribution >= 0.6 is 0 Å². The van der Waals surface area contributed by atoms with E-state index in [0.717, 1.165) is 11.1 Å². The molecule has 0 aliphatic heterocycles. The molecule has 1 heterocycles. The fourth-order valence-electron chi connectivity index (χ4n) is 1.67. The van der Waals surface area contributed by atoms with Gasteiger partial charge in [0.1, 0.15) is 0 Å². The van der Waals surface area contributed by atoms with Gasteiger partial charge in [0.2, 0.25) is 5.91 Å². The standard InChI is InChI=1S/C12H14N2O/c1-8-3-4-11-10(6-13-9(2)15)7-14-12(11)5-8/h3-5,7,14H,6H2,1-2H3,(H,13,15). The first-order chi connectivity index (χ1) is 7.16. The Balaban J connectivity index is 2.32. The summed E-state index contributed by atoms with van der Waals surface area (Å²) in [6, 6.07) is 6.26. The van der Waals surface area contributed by atoms with Gasteiger partial charge >= 0.3 is 0 Å². The largest absolute Gasteiger partial charge is 0.361 e. The molecule has 0 fully saturated rings. The molecule has 1 aromatic carbocycles. The maximum atomic E-state index is 10.8. The van der Waals surface area contributed by atoms with E-state index in [9.17, 15) is 4.79 Å². The van der Waals surface area contributed by atoms with Gasteiger partial charge in [0.25, 0.3) is 0 Å². The molecule has 1 amide bonds. The lowest BCUT2D eigenvalue weighted by Gasteiger charge is -2.00. The van der Waals surface area contributed by atoms with E-state index in [1.54, 1.807) is 0 Å². The van der Waals surface area contributed by atoms with Crippen molar-refractivity contribution < 1.29 is 4.79 Å². The van der Waals surface area contributed by atoms with Crippen molar-refractivity contribution in [3.05, 3.63) is 35.5 Å². The third kappa shape index (κ3) is 2.01. The lowest BCUT2D eigenvalue weighted by Crippen LogP contribution is -2.18. The van der Waals surface area contributed by atoms with Crippen LogP contribution in [-0.2, 0) is 11.3 Å². The summed E-state index contributed by atoms with van der Waals surface area (Å²) in [5, 5.41) is 3.97. The van der Waals surface area contributed by atoms with Crippen LogP contribution in [0.3, 0.4) is 0 Å². The first-order valence-electron chi connectivity index (χ1n) is 4.98. The smallest absolute Gasteiger partial charge is 0.217 e. The predicted octanol–water partition coefficient (Wildman–Crippen LogP) is 2.11. The monoisotopic (exact) mass is 202 g/mol. The summed E-state index contributed by atoms with van der Waals surface area (Å²) >= 11 is 0. The SMILES string of the molecule is CC(=O)NCc1c[nH]c2cc(C)ccc12. The van der Waals surface area contributed by atoms with Crippen molar-refractivity contribution in [3.8, 4) is 0 Å². The van der Waals surface area contributed by atoms with Crippen LogP contribution in [0.1, 0.15) is 18.1 Å². The zero-order chi connectivity index (χ0) is 10.8. The number of benzene rings is 1. The fourth-order valence-corrected chi connectivity index (χ4v) is 1.67. The summed E-state index contributed by atoms with van der Waals surface area (Å²) in [4.78, 5) is 14.0. The van der Waals surface area contributed by atoms with Crippen molar-refractivity contribution in [2.24, 2.45) is 0 Å². The van der Waals surface area contributed by atoms with Gasteiger partial charge < -0.3 is 10.3 Å². The molecule has 0 atom stereocenters. The summed E-state index contributed by atoms with van der Waals surface area (Å²) in [6.07, 6.45) is 1.94. The Kier molecular flexibility index (Phi) is 2.46. The van der Waals surface area contributed by atoms with E-state index in [2.05, 4.69) is 35.4 Å². The second-order valence-corrected chi connectivity index (χ2v) is 3.77. The molecule has 2 aromatic rings. The van der Waals surface area contributed by atoms with Crippen LogP contribution in [0.15, 0.2) is 24.4 Å². The molecule has 0 saturated carbocycles. The molecule has 0 unspecified atom stereocenters. The number of carbonyl (C=O) groups excluding carboxylic acids is 1. The van der Waals surface area contributed by atoms with Crippen molar-refractivity contribution in [1.29, 1.82) is 0 Å². The molecule has 3 heteroatoms. The van der Waals surface area contributed by atoms with Crippen LogP contribution in [0.25, 0.3) is 10.9 Å². The first kappa shape index (κ1) is 9.77. The average Bonchev–Trinajstić information content (AvgIpc) is 2.57. The Bertz CT molecular complexity index is 499. The van der Waals surface area contributed by atoms with Gasteiger partial charge in [0.15, 0.2) is 0 Å². The van der Waals surface area contributed by atoms with Crippen LogP contribution in [0, 0.1) is 6.92 Å². The highest BCUT2D eigenvalue weighted by molar-refractivity contribution is 5.84. The predicted molar refractivity (Wildman–Crippen MR) is 60.6 cm³/mol. The second kappa shape index (κ2) is 3.77. The molecule has 0 aliphatic rings. The van der Waals surface area contributed by atoms with E-state index in [0.29, 0.717) is 6.54 Å². The number of carbonyl (C=O) groups is 1. The summed E-state index contributed by atoms with van der Waals surface area (Å²) in [6.45, 7) is 4.17. The van der Waals surface area contributed by atoms with Gasteiger partial charge in [-0.05, 0) is 24.1 Å². The summed E-state index contributed by atoms with van der Waals surface area (Å²) in [5.74, 6) is -0.00328. The normalized spacial score (nSPS) is 10.5. The fraction of sp³-hybridized carbons (Fsp3) is 0.250. The van der Waals surface area contributed by atoms with E-state index in [1.165, 1.54) is 17.9 Å². The third-order valence-electron chi connectivity index (χ3n) is 2.45. The number of rotatable bonds is 2. The number of H-pyrrole nitrogens is 1. The molecule has 2 rings (SSSR count). The highest BCUT2D eigenvalue weighted by Crippen LogP contribution is 2.19. The summed E-state index contributed by atoms with van der Waals surface area (Å²) in [5.41, 5.74) is 3.48. The van der Waals surface area contributed by atoms with Crippen molar-refractivity contribution in [2.75, 3.05) is 0 Å². The van der Waals surface area contributed by atoms with Gasteiger partial charge in [-0.1, -0.05) is 12.1 Å². The Hall–Kier alpha value is -1.77. The highest BCUT2D eigenvalue weighted by atomic mass is 16.1. The molecule has 0 saturated heterocycles. The van der Waals surface area contributed by atoms with Gasteiger partial charge in [-0.25, -0.2) is 0 Å². The molecule has 2 N–H and O–H groups in total.